The van der Waals surface area contributed by atoms with Crippen LogP contribution in [0, 0.1) is 0 Å². The predicted molar refractivity (Wildman–Crippen MR) is 56.7 cm³/mol. The zero-order valence-electron chi connectivity index (χ0n) is 8.62. The van der Waals surface area contributed by atoms with Gasteiger partial charge < -0.3 is 9.84 Å². The second-order valence-corrected chi connectivity index (χ2v) is 3.25. The van der Waals surface area contributed by atoms with Gasteiger partial charge >= 0.3 is 5.97 Å². The largest absolute Gasteiger partial charge is 0.478 e. The molecule has 16 heavy (non-hydrogen) atoms. The molecule has 5 nitrogen and oxygen atoms in total. The summed E-state index contributed by atoms with van der Waals surface area (Å²) in [5.41, 5.74) is 0.131. The van der Waals surface area contributed by atoms with Gasteiger partial charge in [-0.05, 0) is 12.1 Å². The number of aromatic nitrogens is 2. The number of benzene rings is 1. The molecule has 0 atom stereocenters. The molecular formula is C11H10N2O3. The molecule has 0 fully saturated rings. The highest BCUT2D eigenvalue weighted by Gasteiger charge is 2.11. The monoisotopic (exact) mass is 218 g/mol. The average molecular weight is 218 g/mol. The Morgan fingerprint density at radius 2 is 2.19 bits per heavy atom. The van der Waals surface area contributed by atoms with E-state index in [0.717, 1.165) is 0 Å². The summed E-state index contributed by atoms with van der Waals surface area (Å²) < 4.78 is 7.01. The Labute approximate surface area is 91.9 Å². The number of nitrogens with zero attached hydrogens (tertiary/aromatic N) is 2. The molecule has 2 aromatic rings. The molecule has 0 aliphatic rings. The lowest BCUT2D eigenvalue weighted by molar-refractivity contribution is 0.0694. The van der Waals surface area contributed by atoms with Crippen molar-refractivity contribution in [1.29, 1.82) is 0 Å². The first-order valence-corrected chi connectivity index (χ1v) is 4.65. The standard InChI is InChI=1S/C11H10N2O3/c1-13-7-8(6-12-13)16-10-5-3-2-4-9(10)11(14)15/h2-7H,1H3,(H,14,15). The molecule has 0 amide bonds. The molecular weight excluding hydrogens is 208 g/mol. The van der Waals surface area contributed by atoms with Crippen molar-refractivity contribution in [3.8, 4) is 11.5 Å². The number of hydrogen-bond acceptors (Lipinski definition) is 3. The van der Waals surface area contributed by atoms with E-state index in [9.17, 15) is 4.79 Å². The molecule has 1 aromatic carbocycles. The summed E-state index contributed by atoms with van der Waals surface area (Å²) in [6.07, 6.45) is 3.19. The van der Waals surface area contributed by atoms with Crippen LogP contribution in [0.4, 0.5) is 0 Å². The van der Waals surface area contributed by atoms with E-state index in [1.807, 2.05) is 0 Å². The van der Waals surface area contributed by atoms with Gasteiger partial charge in [-0.25, -0.2) is 4.79 Å². The Hall–Kier alpha value is -2.30. The summed E-state index contributed by atoms with van der Waals surface area (Å²) >= 11 is 0. The quantitative estimate of drug-likeness (QED) is 0.854. The lowest BCUT2D eigenvalue weighted by Gasteiger charge is -2.05. The van der Waals surface area contributed by atoms with Gasteiger partial charge in [-0.15, -0.1) is 0 Å². The normalized spacial score (nSPS) is 10.1. The van der Waals surface area contributed by atoms with Crippen LogP contribution in [0.25, 0.3) is 0 Å². The first-order chi connectivity index (χ1) is 7.66. The zero-order valence-corrected chi connectivity index (χ0v) is 8.62. The van der Waals surface area contributed by atoms with Crippen LogP contribution in [0.3, 0.4) is 0 Å². The Bertz CT molecular complexity index is 519. The van der Waals surface area contributed by atoms with Gasteiger partial charge in [0.1, 0.15) is 11.3 Å². The van der Waals surface area contributed by atoms with Crippen LogP contribution in [0.1, 0.15) is 10.4 Å². The van der Waals surface area contributed by atoms with Gasteiger partial charge in [-0.1, -0.05) is 12.1 Å². The fourth-order valence-corrected chi connectivity index (χ4v) is 1.31. The van der Waals surface area contributed by atoms with Gasteiger partial charge in [0.2, 0.25) is 0 Å². The Balaban J connectivity index is 2.31. The number of para-hydroxylation sites is 1. The number of carboxylic acid groups (broad SMARTS) is 1. The molecule has 1 heterocycles. The van der Waals surface area contributed by atoms with Crippen molar-refractivity contribution >= 4 is 5.97 Å². The summed E-state index contributed by atoms with van der Waals surface area (Å²) in [5.74, 6) is -0.196. The van der Waals surface area contributed by atoms with Crippen molar-refractivity contribution in [1.82, 2.24) is 9.78 Å². The van der Waals surface area contributed by atoms with Gasteiger partial charge in [0, 0.05) is 7.05 Å². The van der Waals surface area contributed by atoms with Gasteiger partial charge in [0.25, 0.3) is 0 Å². The molecule has 1 N–H and O–H groups in total. The van der Waals surface area contributed by atoms with E-state index in [2.05, 4.69) is 5.10 Å². The molecule has 82 valence electrons. The zero-order chi connectivity index (χ0) is 11.5. The van der Waals surface area contributed by atoms with Crippen molar-refractivity contribution in [2.24, 2.45) is 7.05 Å². The molecule has 5 heteroatoms. The number of carboxylic acids is 1. The molecule has 0 radical (unpaired) electrons. The van der Waals surface area contributed by atoms with Crippen LogP contribution in [-0.4, -0.2) is 20.9 Å². The van der Waals surface area contributed by atoms with E-state index < -0.39 is 5.97 Å². The van der Waals surface area contributed by atoms with Gasteiger partial charge in [-0.3, -0.25) is 4.68 Å². The molecule has 2 rings (SSSR count). The summed E-state index contributed by atoms with van der Waals surface area (Å²) in [6.45, 7) is 0. The van der Waals surface area contributed by atoms with Crippen molar-refractivity contribution in [2.75, 3.05) is 0 Å². The SMILES string of the molecule is Cn1cc(Oc2ccccc2C(=O)O)cn1. The number of aromatic carboxylic acids is 1. The highest BCUT2D eigenvalue weighted by molar-refractivity contribution is 5.90. The first-order valence-electron chi connectivity index (χ1n) is 4.65. The molecule has 0 saturated heterocycles. The minimum Gasteiger partial charge on any atom is -0.478 e. The summed E-state index contributed by atoms with van der Waals surface area (Å²) in [6, 6.07) is 6.47. The molecule has 0 saturated carbocycles. The van der Waals surface area contributed by atoms with Crippen LogP contribution in [0.2, 0.25) is 0 Å². The number of aryl methyl sites for hydroxylation is 1. The van der Waals surface area contributed by atoms with Crippen molar-refractivity contribution in [3.05, 3.63) is 42.2 Å². The highest BCUT2D eigenvalue weighted by atomic mass is 16.5. The predicted octanol–water partition coefficient (Wildman–Crippen LogP) is 1.91. The second-order valence-electron chi connectivity index (χ2n) is 3.25. The number of ether oxygens (including phenoxy) is 1. The number of rotatable bonds is 3. The van der Waals surface area contributed by atoms with Gasteiger partial charge in [0.05, 0.1) is 12.4 Å². The fourth-order valence-electron chi connectivity index (χ4n) is 1.31. The maximum absolute atomic E-state index is 10.9. The second kappa shape index (κ2) is 4.06. The van der Waals surface area contributed by atoms with E-state index in [1.165, 1.54) is 12.3 Å². The average Bonchev–Trinajstić information content (AvgIpc) is 2.64. The van der Waals surface area contributed by atoms with E-state index in [1.54, 1.807) is 36.1 Å². The number of carbonyl (C=O) groups is 1. The van der Waals surface area contributed by atoms with E-state index in [-0.39, 0.29) is 5.56 Å². The molecule has 0 spiro atoms. The molecule has 1 aromatic heterocycles. The van der Waals surface area contributed by atoms with Crippen molar-refractivity contribution in [3.63, 3.8) is 0 Å². The minimum atomic E-state index is -1.01. The van der Waals surface area contributed by atoms with Crippen LogP contribution in [-0.2, 0) is 7.05 Å². The summed E-state index contributed by atoms with van der Waals surface area (Å²) in [4.78, 5) is 10.9. The molecule has 0 unspecified atom stereocenters. The van der Waals surface area contributed by atoms with Crippen molar-refractivity contribution in [2.45, 2.75) is 0 Å². The van der Waals surface area contributed by atoms with Crippen molar-refractivity contribution < 1.29 is 14.6 Å². The van der Waals surface area contributed by atoms with Gasteiger partial charge in [0.15, 0.2) is 5.75 Å². The lowest BCUT2D eigenvalue weighted by atomic mass is 10.2. The fraction of sp³-hybridized carbons (Fsp3) is 0.0909. The number of hydrogen-bond donors (Lipinski definition) is 1. The third-order valence-electron chi connectivity index (χ3n) is 2.03. The van der Waals surface area contributed by atoms with Crippen LogP contribution < -0.4 is 4.74 Å². The van der Waals surface area contributed by atoms with Crippen LogP contribution in [0.15, 0.2) is 36.7 Å². The third-order valence-corrected chi connectivity index (χ3v) is 2.03. The topological polar surface area (TPSA) is 64.3 Å². The third kappa shape index (κ3) is 2.03. The highest BCUT2D eigenvalue weighted by Crippen LogP contribution is 2.24. The lowest BCUT2D eigenvalue weighted by Crippen LogP contribution is -1.99. The van der Waals surface area contributed by atoms with Crippen LogP contribution in [0.5, 0.6) is 11.5 Å². The van der Waals surface area contributed by atoms with E-state index in [0.29, 0.717) is 11.5 Å². The van der Waals surface area contributed by atoms with Gasteiger partial charge in [-0.2, -0.15) is 5.10 Å². The maximum Gasteiger partial charge on any atom is 0.339 e. The Kier molecular flexibility index (Phi) is 2.59. The molecule has 0 bridgehead atoms. The molecule has 0 aliphatic heterocycles. The Morgan fingerprint density at radius 3 is 2.81 bits per heavy atom. The summed E-state index contributed by atoms with van der Waals surface area (Å²) in [7, 11) is 1.76. The Morgan fingerprint density at radius 1 is 1.44 bits per heavy atom. The molecule has 0 aliphatic carbocycles. The van der Waals surface area contributed by atoms with E-state index in [4.69, 9.17) is 9.84 Å². The minimum absolute atomic E-state index is 0.131. The summed E-state index contributed by atoms with van der Waals surface area (Å²) in [5, 5.41) is 12.9. The smallest absolute Gasteiger partial charge is 0.339 e. The van der Waals surface area contributed by atoms with E-state index >= 15 is 0 Å². The first kappa shape index (κ1) is 10.2. The maximum atomic E-state index is 10.9. The van der Waals surface area contributed by atoms with Crippen LogP contribution >= 0.6 is 0 Å².